The van der Waals surface area contributed by atoms with Crippen LogP contribution < -0.4 is 11.4 Å². The number of epoxide rings is 1. The summed E-state index contributed by atoms with van der Waals surface area (Å²) in [6, 6.07) is 1.24. The molecule has 19 nitrogen and oxygen atoms in total. The van der Waals surface area contributed by atoms with Crippen LogP contribution in [0.1, 0.15) is 148 Å². The van der Waals surface area contributed by atoms with E-state index in [2.05, 4.69) is 83.9 Å². The lowest BCUT2D eigenvalue weighted by molar-refractivity contribution is -0.161. The Morgan fingerprint density at radius 1 is 0.667 bits per heavy atom. The second kappa shape index (κ2) is 38.2. The predicted octanol–water partition coefficient (Wildman–Crippen LogP) is 10.2. The maximum atomic E-state index is 12.9. The number of hydrogen-bond donors (Lipinski definition) is 5. The Kier molecular flexibility index (Phi) is 33.1. The molecule has 0 amide bonds. The second-order valence-corrected chi connectivity index (χ2v) is 21.1. The van der Waals surface area contributed by atoms with Crippen LogP contribution in [0.15, 0.2) is 114 Å². The molecule has 0 aromatic carbocycles. The summed E-state index contributed by atoms with van der Waals surface area (Å²) < 4.78 is 62.4. The number of allylic oxidation sites excluding steroid dienone is 14. The van der Waals surface area contributed by atoms with Crippen molar-refractivity contribution in [1.29, 1.82) is 0 Å². The van der Waals surface area contributed by atoms with E-state index in [-0.39, 0.29) is 18.7 Å². The summed E-state index contributed by atoms with van der Waals surface area (Å²) >= 11 is 0. The van der Waals surface area contributed by atoms with Crippen molar-refractivity contribution in [2.24, 2.45) is 0 Å². The number of phosphoric acid groups is 2. The van der Waals surface area contributed by atoms with Gasteiger partial charge in [0.25, 0.3) is 0 Å². The highest BCUT2D eigenvalue weighted by Gasteiger charge is 2.46. The summed E-state index contributed by atoms with van der Waals surface area (Å²) in [6.45, 7) is 1.90. The summed E-state index contributed by atoms with van der Waals surface area (Å²) in [5.74, 6) is -1.48. The number of phosphoric ester groups is 2. The van der Waals surface area contributed by atoms with Crippen molar-refractivity contribution in [1.82, 2.24) is 9.55 Å². The first-order valence-corrected chi connectivity index (χ1v) is 29.4. The minimum atomic E-state index is -5.46. The molecule has 0 spiro atoms. The van der Waals surface area contributed by atoms with Gasteiger partial charge in [0.05, 0.1) is 25.4 Å². The molecule has 2 aliphatic heterocycles. The quantitative estimate of drug-likeness (QED) is 0.0134. The highest BCUT2D eigenvalue weighted by atomic mass is 31.3. The van der Waals surface area contributed by atoms with E-state index < -0.39 is 83.7 Å². The van der Waals surface area contributed by atoms with Crippen LogP contribution in [-0.4, -0.2) is 97.9 Å². The number of aliphatic hydroxyl groups is 2. The minimum absolute atomic E-state index is 0.0318. The van der Waals surface area contributed by atoms with Gasteiger partial charge in [-0.1, -0.05) is 143 Å². The Balaban J connectivity index is 1.43. The highest BCUT2D eigenvalue weighted by Crippen LogP contribution is 2.60. The summed E-state index contributed by atoms with van der Waals surface area (Å²) in [5, 5.41) is 20.9. The topological polar surface area (TPSA) is 278 Å². The maximum Gasteiger partial charge on any atom is 0.481 e. The van der Waals surface area contributed by atoms with Crippen LogP contribution in [0.2, 0.25) is 0 Å². The highest BCUT2D eigenvalue weighted by molar-refractivity contribution is 7.61. The molecule has 1 aromatic rings. The minimum Gasteiger partial charge on any atom is -0.462 e. The van der Waals surface area contributed by atoms with E-state index in [0.29, 0.717) is 37.9 Å². The molecule has 3 heterocycles. The van der Waals surface area contributed by atoms with Crippen molar-refractivity contribution in [2.75, 3.05) is 25.6 Å². The molecule has 1 aromatic heterocycles. The molecule has 2 saturated heterocycles. The first kappa shape index (κ1) is 64.9. The molecular formula is C54H83N3O16P2. The van der Waals surface area contributed by atoms with Crippen molar-refractivity contribution in [3.8, 4) is 0 Å². The SMILES string of the molecule is CC/C=C\CC1OC1C/C=C\C/C=C\C/C=C\C/C=C\CCC(=O)O[C@H](COC(=O)CCC/C=C\C/C=C\C/C=C\CCCCCCCC)COP(=O)(O)OP(=O)(O)OC[C@H]1O[C@@H](n2ccc(N)nc2=O)[C@H](O)[C@@H]1O. The van der Waals surface area contributed by atoms with Crippen molar-refractivity contribution in [3.05, 3.63) is 120 Å². The lowest BCUT2D eigenvalue weighted by atomic mass is 10.1. The lowest BCUT2D eigenvalue weighted by Gasteiger charge is -2.21. The molecule has 0 saturated carbocycles. The third-order valence-corrected chi connectivity index (χ3v) is 14.2. The Morgan fingerprint density at radius 2 is 1.21 bits per heavy atom. The van der Waals surface area contributed by atoms with E-state index in [1.807, 2.05) is 30.4 Å². The Labute approximate surface area is 443 Å². The van der Waals surface area contributed by atoms with Crippen LogP contribution in [-0.2, 0) is 51.0 Å². The van der Waals surface area contributed by atoms with Gasteiger partial charge in [0, 0.05) is 19.0 Å². The van der Waals surface area contributed by atoms with Crippen molar-refractivity contribution >= 4 is 33.4 Å². The number of hydrogen-bond acceptors (Lipinski definition) is 16. The molecule has 0 bridgehead atoms. The van der Waals surface area contributed by atoms with Gasteiger partial charge in [-0.25, -0.2) is 13.9 Å². The van der Waals surface area contributed by atoms with E-state index in [0.717, 1.165) is 62.1 Å². The number of aromatic nitrogens is 2. The number of carbonyl (C=O) groups excluding carboxylic acids is 2. The van der Waals surface area contributed by atoms with E-state index in [4.69, 9.17) is 33.7 Å². The summed E-state index contributed by atoms with van der Waals surface area (Å²) in [5.41, 5.74) is 4.58. The third-order valence-electron chi connectivity index (χ3n) is 11.6. The summed E-state index contributed by atoms with van der Waals surface area (Å²) in [4.78, 5) is 61.9. The molecule has 2 aliphatic rings. The van der Waals surface area contributed by atoms with Gasteiger partial charge in [-0.05, 0) is 89.5 Å². The van der Waals surface area contributed by atoms with Gasteiger partial charge in [0.1, 0.15) is 30.7 Å². The van der Waals surface area contributed by atoms with Crippen LogP contribution in [0, 0.1) is 0 Å². The van der Waals surface area contributed by atoms with Crippen molar-refractivity contribution in [3.63, 3.8) is 0 Å². The van der Waals surface area contributed by atoms with Gasteiger partial charge in [0.15, 0.2) is 12.3 Å². The fourth-order valence-corrected chi connectivity index (χ4v) is 9.51. The zero-order valence-electron chi connectivity index (χ0n) is 43.8. The fraction of sp³-hybridized carbons (Fsp3) is 0.593. The first-order valence-electron chi connectivity index (χ1n) is 26.4. The Bertz CT molecular complexity index is 2210. The van der Waals surface area contributed by atoms with E-state index in [1.54, 1.807) is 6.08 Å². The maximum absolute atomic E-state index is 12.9. The van der Waals surface area contributed by atoms with E-state index in [1.165, 1.54) is 44.6 Å². The van der Waals surface area contributed by atoms with Crippen LogP contribution >= 0.6 is 15.6 Å². The largest absolute Gasteiger partial charge is 0.481 e. The Morgan fingerprint density at radius 3 is 1.83 bits per heavy atom. The third kappa shape index (κ3) is 30.2. The number of esters is 2. The average Bonchev–Trinajstić information content (AvgIpc) is 4.06. The number of unbranched alkanes of at least 4 members (excludes halogenated alkanes) is 7. The molecule has 2 fully saturated rings. The fourth-order valence-electron chi connectivity index (χ4n) is 7.40. The standard InChI is InChI=1S/C54H83N3O16P2/c1-3-5-7-8-9-10-11-12-13-14-15-16-20-23-26-29-33-37-49(58)67-41-44(70-50(59)38-34-30-27-24-21-18-17-19-22-25-28-32-36-46-45(71-46)35-31-6-4-2)42-68-74(63,64)73-75(65,66)69-43-47-51(60)52(61)53(72-47)57-40-39-48(55)56-54(57)62/h6,12-13,15-16,18-19,21-23,26-28,30-32,39-40,44-47,51-53,60-61H,3-5,7-11,14,17,20,24-25,29,33-38,41-43H2,1-2H3,(H,63,64)(H,65,66)(H2,55,56,62)/b13-12-,16-15-,21-18-,22-19-,26-23-,30-27-,31-6-,32-28-/t44-,45?,46?,47-,51-,52-,53-/m1/s1. The van der Waals surface area contributed by atoms with Crippen LogP contribution in [0.4, 0.5) is 5.82 Å². The molecule has 9 atom stereocenters. The molecule has 6 N–H and O–H groups in total. The van der Waals surface area contributed by atoms with E-state index in [9.17, 15) is 43.5 Å². The van der Waals surface area contributed by atoms with Gasteiger partial charge >= 0.3 is 33.3 Å². The smallest absolute Gasteiger partial charge is 0.462 e. The van der Waals surface area contributed by atoms with Gasteiger partial charge in [-0.2, -0.15) is 9.29 Å². The number of nitrogens with zero attached hydrogens (tertiary/aromatic N) is 2. The van der Waals surface area contributed by atoms with Crippen LogP contribution in [0.25, 0.3) is 0 Å². The number of nitrogen functional groups attached to an aromatic ring is 1. The number of aliphatic hydroxyl groups excluding tert-OH is 2. The van der Waals surface area contributed by atoms with Crippen molar-refractivity contribution in [2.45, 2.75) is 185 Å². The molecule has 4 unspecified atom stereocenters. The predicted molar refractivity (Wildman–Crippen MR) is 288 cm³/mol. The number of carbonyl (C=O) groups is 2. The van der Waals surface area contributed by atoms with Crippen LogP contribution in [0.3, 0.4) is 0 Å². The van der Waals surface area contributed by atoms with E-state index >= 15 is 0 Å². The molecule has 0 aliphatic carbocycles. The molecule has 0 radical (unpaired) electrons. The zero-order valence-corrected chi connectivity index (χ0v) is 45.5. The number of nitrogens with two attached hydrogens (primary N) is 1. The van der Waals surface area contributed by atoms with Gasteiger partial charge in [-0.15, -0.1) is 0 Å². The lowest BCUT2D eigenvalue weighted by Crippen LogP contribution is -2.36. The molecule has 21 heteroatoms. The number of anilines is 1. The zero-order chi connectivity index (χ0) is 54.6. The van der Waals surface area contributed by atoms with Gasteiger partial charge in [-0.3, -0.25) is 23.2 Å². The molecule has 3 rings (SSSR count). The molecule has 75 heavy (non-hydrogen) atoms. The normalized spacial score (nSPS) is 22.3. The first-order chi connectivity index (χ1) is 36.1. The van der Waals surface area contributed by atoms with Gasteiger partial charge in [0.2, 0.25) is 0 Å². The number of rotatable bonds is 41. The van der Waals surface area contributed by atoms with Crippen LogP contribution in [0.5, 0.6) is 0 Å². The second-order valence-electron chi connectivity index (χ2n) is 18.0. The Hall–Kier alpha value is -4.36. The molecular weight excluding hydrogens is 1010 g/mol. The van der Waals surface area contributed by atoms with Gasteiger partial charge < -0.3 is 44.7 Å². The average molecular weight is 1090 g/mol. The molecule has 420 valence electrons. The number of ether oxygens (including phenoxy) is 4. The monoisotopic (exact) mass is 1090 g/mol. The summed E-state index contributed by atoms with van der Waals surface area (Å²) in [6.07, 6.45) is 44.1. The summed E-state index contributed by atoms with van der Waals surface area (Å²) in [7, 11) is -10.9. The van der Waals surface area contributed by atoms with Crippen molar-refractivity contribution < 1.29 is 71.0 Å².